The third kappa shape index (κ3) is 3.73. The highest BCUT2D eigenvalue weighted by Gasteiger charge is 2.29. The predicted molar refractivity (Wildman–Crippen MR) is 72.4 cm³/mol. The molecule has 5 N–H and O–H groups in total. The highest BCUT2D eigenvalue weighted by Crippen LogP contribution is 2.32. The summed E-state index contributed by atoms with van der Waals surface area (Å²) in [5.74, 6) is 2.06. The lowest BCUT2D eigenvalue weighted by Gasteiger charge is -2.12. The van der Waals surface area contributed by atoms with Gasteiger partial charge in [-0.15, -0.1) is 0 Å². The zero-order valence-electron chi connectivity index (χ0n) is 10.7. The summed E-state index contributed by atoms with van der Waals surface area (Å²) in [5, 5.41) is 16.0. The van der Waals surface area contributed by atoms with Gasteiger partial charge in [-0.3, -0.25) is 0 Å². The van der Waals surface area contributed by atoms with Gasteiger partial charge >= 0.3 is 0 Å². The van der Waals surface area contributed by atoms with Crippen molar-refractivity contribution in [3.63, 3.8) is 0 Å². The van der Waals surface area contributed by atoms with E-state index in [-0.39, 0.29) is 12.1 Å². The fraction of sp³-hybridized carbons (Fsp3) is 0.667. The molecule has 0 saturated heterocycles. The van der Waals surface area contributed by atoms with Crippen molar-refractivity contribution >= 4 is 17.6 Å². The Bertz CT molecular complexity index is 394. The summed E-state index contributed by atoms with van der Waals surface area (Å²) in [6.07, 6.45) is 2.97. The Labute approximate surface area is 107 Å². The number of rotatable bonds is 7. The van der Waals surface area contributed by atoms with E-state index in [1.807, 2.05) is 6.07 Å². The number of nitrogens with two attached hydrogens (primary N) is 1. The lowest BCUT2D eigenvalue weighted by Crippen LogP contribution is -2.22. The van der Waals surface area contributed by atoms with E-state index in [1.165, 1.54) is 0 Å². The molecule has 0 aliphatic heterocycles. The first kappa shape index (κ1) is 12.9. The summed E-state index contributed by atoms with van der Waals surface area (Å²) in [7, 11) is 0. The van der Waals surface area contributed by atoms with Crippen LogP contribution in [0.3, 0.4) is 0 Å². The third-order valence-electron chi connectivity index (χ3n) is 2.96. The van der Waals surface area contributed by atoms with Crippen molar-refractivity contribution in [3.05, 3.63) is 6.07 Å². The van der Waals surface area contributed by atoms with Crippen LogP contribution < -0.4 is 16.4 Å². The molecule has 1 aromatic heterocycles. The number of hydrogen-bond acceptors (Lipinski definition) is 6. The molecule has 1 fully saturated rings. The van der Waals surface area contributed by atoms with E-state index in [4.69, 9.17) is 5.73 Å². The van der Waals surface area contributed by atoms with E-state index < -0.39 is 0 Å². The minimum absolute atomic E-state index is 0.236. The maximum Gasteiger partial charge on any atom is 0.223 e. The predicted octanol–water partition coefficient (Wildman–Crippen LogP) is 1.06. The Morgan fingerprint density at radius 2 is 2.06 bits per heavy atom. The minimum Gasteiger partial charge on any atom is -0.391 e. The fourth-order valence-corrected chi connectivity index (χ4v) is 1.76. The first-order valence-corrected chi connectivity index (χ1v) is 6.49. The van der Waals surface area contributed by atoms with Crippen LogP contribution in [0.15, 0.2) is 6.07 Å². The van der Waals surface area contributed by atoms with Crippen molar-refractivity contribution < 1.29 is 5.11 Å². The molecule has 6 heteroatoms. The van der Waals surface area contributed by atoms with Crippen LogP contribution in [0, 0.1) is 5.92 Å². The molecular weight excluding hydrogens is 230 g/mol. The number of nitrogens with zero attached hydrogens (tertiary/aromatic N) is 2. The van der Waals surface area contributed by atoms with Crippen LogP contribution in [0.5, 0.6) is 0 Å². The molecule has 1 heterocycles. The average molecular weight is 251 g/mol. The van der Waals surface area contributed by atoms with Gasteiger partial charge in [0.1, 0.15) is 11.6 Å². The van der Waals surface area contributed by atoms with E-state index in [9.17, 15) is 5.11 Å². The topological polar surface area (TPSA) is 96.1 Å². The van der Waals surface area contributed by atoms with E-state index >= 15 is 0 Å². The van der Waals surface area contributed by atoms with Crippen molar-refractivity contribution in [2.24, 2.45) is 5.92 Å². The molecule has 0 amide bonds. The summed E-state index contributed by atoms with van der Waals surface area (Å²) < 4.78 is 0. The van der Waals surface area contributed by atoms with Crippen LogP contribution in [-0.4, -0.2) is 34.3 Å². The van der Waals surface area contributed by atoms with Gasteiger partial charge < -0.3 is 21.5 Å². The highest BCUT2D eigenvalue weighted by molar-refractivity contribution is 5.51. The number of nitrogen functional groups attached to an aromatic ring is 1. The molecule has 2 rings (SSSR count). The molecule has 1 atom stereocenters. The first-order chi connectivity index (χ1) is 8.69. The minimum atomic E-state index is -0.298. The SMILES string of the molecule is CCCNc1cc(NCC(O)C2CC2)nc(N)n1. The quantitative estimate of drug-likeness (QED) is 0.579. The van der Waals surface area contributed by atoms with Crippen LogP contribution >= 0.6 is 0 Å². The first-order valence-electron chi connectivity index (χ1n) is 6.49. The lowest BCUT2D eigenvalue weighted by atomic mass is 10.2. The van der Waals surface area contributed by atoms with Gasteiger partial charge in [-0.05, 0) is 25.2 Å². The molecule has 0 bridgehead atoms. The summed E-state index contributed by atoms with van der Waals surface area (Å²) in [6, 6.07) is 1.81. The van der Waals surface area contributed by atoms with Crippen molar-refractivity contribution in [1.82, 2.24) is 9.97 Å². The number of aliphatic hydroxyl groups excluding tert-OH is 1. The Balaban J connectivity index is 1.91. The maximum atomic E-state index is 9.78. The normalized spacial score (nSPS) is 16.3. The average Bonchev–Trinajstić information content (AvgIpc) is 3.17. The van der Waals surface area contributed by atoms with Crippen LogP contribution in [-0.2, 0) is 0 Å². The van der Waals surface area contributed by atoms with Gasteiger partial charge in [-0.1, -0.05) is 6.92 Å². The summed E-state index contributed by atoms with van der Waals surface area (Å²) >= 11 is 0. The van der Waals surface area contributed by atoms with Crippen LogP contribution in [0.4, 0.5) is 17.6 Å². The largest absolute Gasteiger partial charge is 0.391 e. The highest BCUT2D eigenvalue weighted by atomic mass is 16.3. The lowest BCUT2D eigenvalue weighted by molar-refractivity contribution is 0.164. The van der Waals surface area contributed by atoms with Crippen molar-refractivity contribution in [2.75, 3.05) is 29.5 Å². The number of aliphatic hydroxyl groups is 1. The van der Waals surface area contributed by atoms with Crippen LogP contribution in [0.25, 0.3) is 0 Å². The monoisotopic (exact) mass is 251 g/mol. The fourth-order valence-electron chi connectivity index (χ4n) is 1.76. The molecule has 100 valence electrons. The van der Waals surface area contributed by atoms with Crippen LogP contribution in [0.2, 0.25) is 0 Å². The molecule has 18 heavy (non-hydrogen) atoms. The summed E-state index contributed by atoms with van der Waals surface area (Å²) in [4.78, 5) is 8.20. The van der Waals surface area contributed by atoms with E-state index in [2.05, 4.69) is 27.5 Å². The van der Waals surface area contributed by atoms with Crippen LogP contribution in [0.1, 0.15) is 26.2 Å². The van der Waals surface area contributed by atoms with Crippen molar-refractivity contribution in [3.8, 4) is 0 Å². The molecule has 0 radical (unpaired) electrons. The molecule has 1 aliphatic rings. The van der Waals surface area contributed by atoms with E-state index in [0.29, 0.717) is 24.1 Å². The zero-order chi connectivity index (χ0) is 13.0. The van der Waals surface area contributed by atoms with Gasteiger partial charge in [-0.2, -0.15) is 9.97 Å². The Hall–Kier alpha value is -1.56. The summed E-state index contributed by atoms with van der Waals surface area (Å²) in [5.41, 5.74) is 5.64. The second-order valence-electron chi connectivity index (χ2n) is 4.71. The molecule has 1 aliphatic carbocycles. The van der Waals surface area contributed by atoms with E-state index in [1.54, 1.807) is 0 Å². The Morgan fingerprint density at radius 3 is 2.67 bits per heavy atom. The number of hydrogen-bond donors (Lipinski definition) is 4. The molecule has 1 aromatic rings. The van der Waals surface area contributed by atoms with Gasteiger partial charge in [0.05, 0.1) is 6.10 Å². The van der Waals surface area contributed by atoms with Gasteiger partial charge in [0.2, 0.25) is 5.95 Å². The number of nitrogens with one attached hydrogen (secondary N) is 2. The number of anilines is 3. The molecular formula is C12H21N5O. The van der Waals surface area contributed by atoms with Gasteiger partial charge in [0.15, 0.2) is 0 Å². The van der Waals surface area contributed by atoms with Gasteiger partial charge in [0, 0.05) is 19.2 Å². The molecule has 1 unspecified atom stereocenters. The zero-order valence-corrected chi connectivity index (χ0v) is 10.7. The Morgan fingerprint density at radius 1 is 1.39 bits per heavy atom. The second-order valence-corrected chi connectivity index (χ2v) is 4.71. The van der Waals surface area contributed by atoms with Gasteiger partial charge in [0.25, 0.3) is 0 Å². The van der Waals surface area contributed by atoms with E-state index in [0.717, 1.165) is 25.8 Å². The maximum absolute atomic E-state index is 9.78. The smallest absolute Gasteiger partial charge is 0.223 e. The molecule has 6 nitrogen and oxygen atoms in total. The molecule has 1 saturated carbocycles. The summed E-state index contributed by atoms with van der Waals surface area (Å²) in [6.45, 7) is 3.44. The van der Waals surface area contributed by atoms with Crippen molar-refractivity contribution in [1.29, 1.82) is 0 Å². The third-order valence-corrected chi connectivity index (χ3v) is 2.96. The van der Waals surface area contributed by atoms with Gasteiger partial charge in [-0.25, -0.2) is 0 Å². The standard InChI is InChI=1S/C12H21N5O/c1-2-5-14-10-6-11(17-12(13)16-10)15-7-9(18)8-3-4-8/h6,8-9,18H,2-5,7H2,1H3,(H4,13,14,15,16,17). The second kappa shape index (κ2) is 5.86. The molecule has 0 spiro atoms. The Kier molecular flexibility index (Phi) is 4.19. The van der Waals surface area contributed by atoms with Crippen molar-refractivity contribution in [2.45, 2.75) is 32.3 Å². The molecule has 0 aromatic carbocycles. The number of aromatic nitrogens is 2.